The predicted molar refractivity (Wildman–Crippen MR) is 99.2 cm³/mol. The third kappa shape index (κ3) is 3.45. The average Bonchev–Trinajstić information content (AvgIpc) is 3.36. The van der Waals surface area contributed by atoms with Crippen molar-refractivity contribution in [3.05, 3.63) is 58.8 Å². The van der Waals surface area contributed by atoms with Crippen LogP contribution in [-0.2, 0) is 6.54 Å². The molecule has 1 atom stereocenters. The van der Waals surface area contributed by atoms with Gasteiger partial charge in [0, 0.05) is 30.5 Å². The topological polar surface area (TPSA) is 43.2 Å². The highest BCUT2D eigenvalue weighted by atomic mass is 32.1. The molecule has 2 aromatic heterocycles. The summed E-state index contributed by atoms with van der Waals surface area (Å²) in [6.45, 7) is 1.97. The van der Waals surface area contributed by atoms with Crippen LogP contribution in [0, 0.1) is 0 Å². The zero-order valence-corrected chi connectivity index (χ0v) is 15.2. The van der Waals surface area contributed by atoms with Crippen LogP contribution in [0.5, 0.6) is 5.75 Å². The summed E-state index contributed by atoms with van der Waals surface area (Å²) >= 11 is 1.76. The van der Waals surface area contributed by atoms with E-state index in [-0.39, 0.29) is 0 Å². The Hall–Kier alpha value is -2.18. The summed E-state index contributed by atoms with van der Waals surface area (Å²) in [5.74, 6) is 0.883. The van der Waals surface area contributed by atoms with Gasteiger partial charge in [0.05, 0.1) is 18.8 Å². The van der Waals surface area contributed by atoms with Gasteiger partial charge < -0.3 is 4.74 Å². The summed E-state index contributed by atoms with van der Waals surface area (Å²) in [4.78, 5) is 7.12. The first-order valence-corrected chi connectivity index (χ1v) is 9.53. The SMILES string of the molecule is COc1ccc(-n2cccn2)c(CN2CCCCC2c2nccs2)c1. The number of ether oxygens (including phenoxy) is 1. The molecule has 0 radical (unpaired) electrons. The second kappa shape index (κ2) is 7.37. The van der Waals surface area contributed by atoms with Crippen molar-refractivity contribution < 1.29 is 4.74 Å². The van der Waals surface area contributed by atoms with Crippen LogP contribution < -0.4 is 4.74 Å². The summed E-state index contributed by atoms with van der Waals surface area (Å²) in [6, 6.07) is 8.57. The minimum absolute atomic E-state index is 0.408. The van der Waals surface area contributed by atoms with Crippen LogP contribution in [0.3, 0.4) is 0 Å². The molecule has 0 saturated carbocycles. The van der Waals surface area contributed by atoms with Gasteiger partial charge in [0.25, 0.3) is 0 Å². The van der Waals surface area contributed by atoms with Crippen LogP contribution in [0.1, 0.15) is 35.9 Å². The maximum atomic E-state index is 5.46. The minimum Gasteiger partial charge on any atom is -0.497 e. The van der Waals surface area contributed by atoms with Crippen molar-refractivity contribution in [1.82, 2.24) is 19.7 Å². The third-order valence-electron chi connectivity index (χ3n) is 4.76. The lowest BCUT2D eigenvalue weighted by Gasteiger charge is -2.35. The van der Waals surface area contributed by atoms with Crippen molar-refractivity contribution in [1.29, 1.82) is 0 Å². The standard InChI is InChI=1S/C19H22N4OS/c1-24-16-6-7-17(23-11-4-8-21-23)15(13-16)14-22-10-3-2-5-18(22)19-20-9-12-25-19/h4,6-9,11-13,18H,2-3,5,10,14H2,1H3. The molecular weight excluding hydrogens is 332 g/mol. The molecule has 6 heteroatoms. The number of likely N-dealkylation sites (tertiary alicyclic amines) is 1. The lowest BCUT2D eigenvalue weighted by atomic mass is 10.0. The number of hydrogen-bond acceptors (Lipinski definition) is 5. The highest BCUT2D eigenvalue weighted by Crippen LogP contribution is 2.34. The Labute approximate surface area is 151 Å². The van der Waals surface area contributed by atoms with Gasteiger partial charge in [-0.3, -0.25) is 4.90 Å². The van der Waals surface area contributed by atoms with Crippen LogP contribution in [0.2, 0.25) is 0 Å². The molecule has 3 aromatic rings. The van der Waals surface area contributed by atoms with Gasteiger partial charge in [-0.2, -0.15) is 5.10 Å². The van der Waals surface area contributed by atoms with Crippen LogP contribution in [0.4, 0.5) is 0 Å². The van der Waals surface area contributed by atoms with Crippen LogP contribution in [0.25, 0.3) is 5.69 Å². The van der Waals surface area contributed by atoms with Gasteiger partial charge in [-0.05, 0) is 49.2 Å². The smallest absolute Gasteiger partial charge is 0.119 e. The first-order valence-electron chi connectivity index (χ1n) is 8.65. The number of hydrogen-bond donors (Lipinski definition) is 0. The van der Waals surface area contributed by atoms with Gasteiger partial charge in [-0.1, -0.05) is 6.42 Å². The Bertz CT molecular complexity index is 801. The number of methoxy groups -OCH3 is 1. The maximum Gasteiger partial charge on any atom is 0.119 e. The molecule has 5 nitrogen and oxygen atoms in total. The second-order valence-corrected chi connectivity index (χ2v) is 7.22. The van der Waals surface area contributed by atoms with Gasteiger partial charge >= 0.3 is 0 Å². The van der Waals surface area contributed by atoms with Gasteiger partial charge in [0.1, 0.15) is 10.8 Å². The molecule has 1 aliphatic heterocycles. The molecule has 1 unspecified atom stereocenters. The lowest BCUT2D eigenvalue weighted by Crippen LogP contribution is -2.33. The Kier molecular flexibility index (Phi) is 4.81. The Balaban J connectivity index is 1.66. The van der Waals surface area contributed by atoms with E-state index in [1.807, 2.05) is 35.4 Å². The number of piperidine rings is 1. The van der Waals surface area contributed by atoms with Crippen molar-refractivity contribution >= 4 is 11.3 Å². The van der Waals surface area contributed by atoms with Gasteiger partial charge in [0.15, 0.2) is 0 Å². The summed E-state index contributed by atoms with van der Waals surface area (Å²) in [5, 5.41) is 7.71. The van der Waals surface area contributed by atoms with Crippen molar-refractivity contribution in [3.8, 4) is 11.4 Å². The number of benzene rings is 1. The fraction of sp³-hybridized carbons (Fsp3) is 0.368. The molecule has 1 aromatic carbocycles. The van der Waals surface area contributed by atoms with E-state index in [1.54, 1.807) is 18.4 Å². The van der Waals surface area contributed by atoms with Crippen LogP contribution in [-0.4, -0.2) is 33.3 Å². The Morgan fingerprint density at radius 2 is 2.24 bits per heavy atom. The van der Waals surface area contributed by atoms with Gasteiger partial charge in [0.2, 0.25) is 0 Å². The predicted octanol–water partition coefficient (Wildman–Crippen LogP) is 4.06. The molecule has 0 bridgehead atoms. The molecule has 4 rings (SSSR count). The Morgan fingerprint density at radius 1 is 1.28 bits per heavy atom. The normalized spacial score (nSPS) is 18.4. The van der Waals surface area contributed by atoms with E-state index in [2.05, 4.69) is 32.5 Å². The highest BCUT2D eigenvalue weighted by molar-refractivity contribution is 7.09. The molecular formula is C19H22N4OS. The van der Waals surface area contributed by atoms with Crippen LogP contribution >= 0.6 is 11.3 Å². The maximum absolute atomic E-state index is 5.46. The zero-order chi connectivity index (χ0) is 17.1. The largest absolute Gasteiger partial charge is 0.497 e. The van der Waals surface area contributed by atoms with Crippen molar-refractivity contribution in [2.24, 2.45) is 0 Å². The van der Waals surface area contributed by atoms with Crippen molar-refractivity contribution in [2.75, 3.05) is 13.7 Å². The number of aromatic nitrogens is 3. The summed E-state index contributed by atoms with van der Waals surface area (Å²) in [6.07, 6.45) is 9.39. The molecule has 0 aliphatic carbocycles. The average molecular weight is 354 g/mol. The van der Waals surface area contributed by atoms with Crippen molar-refractivity contribution in [2.45, 2.75) is 31.8 Å². The summed E-state index contributed by atoms with van der Waals surface area (Å²) < 4.78 is 7.38. The molecule has 130 valence electrons. The monoisotopic (exact) mass is 354 g/mol. The fourth-order valence-corrected chi connectivity index (χ4v) is 4.33. The van der Waals surface area contributed by atoms with E-state index < -0.39 is 0 Å². The highest BCUT2D eigenvalue weighted by Gasteiger charge is 2.26. The quantitative estimate of drug-likeness (QED) is 0.693. The lowest BCUT2D eigenvalue weighted by molar-refractivity contribution is 0.140. The van der Waals surface area contributed by atoms with E-state index in [9.17, 15) is 0 Å². The third-order valence-corrected chi connectivity index (χ3v) is 5.64. The van der Waals surface area contributed by atoms with E-state index >= 15 is 0 Å². The molecule has 0 amide bonds. The number of nitrogens with zero attached hydrogens (tertiary/aromatic N) is 4. The molecule has 1 aliphatic rings. The number of thiazole rings is 1. The van der Waals surface area contributed by atoms with Crippen LogP contribution in [0.15, 0.2) is 48.2 Å². The first kappa shape index (κ1) is 16.3. The number of rotatable bonds is 5. The zero-order valence-electron chi connectivity index (χ0n) is 14.3. The van der Waals surface area contributed by atoms with E-state index in [0.717, 1.165) is 24.5 Å². The minimum atomic E-state index is 0.408. The first-order chi connectivity index (χ1) is 12.3. The van der Waals surface area contributed by atoms with Gasteiger partial charge in [-0.25, -0.2) is 9.67 Å². The fourth-order valence-electron chi connectivity index (χ4n) is 3.53. The Morgan fingerprint density at radius 3 is 3.00 bits per heavy atom. The summed E-state index contributed by atoms with van der Waals surface area (Å²) in [7, 11) is 1.71. The molecule has 0 N–H and O–H groups in total. The molecule has 1 saturated heterocycles. The molecule has 3 heterocycles. The molecule has 0 spiro atoms. The van der Waals surface area contributed by atoms with Gasteiger partial charge in [-0.15, -0.1) is 11.3 Å². The van der Waals surface area contributed by atoms with E-state index in [1.165, 1.54) is 29.8 Å². The summed E-state index contributed by atoms with van der Waals surface area (Å²) in [5.41, 5.74) is 2.33. The van der Waals surface area contributed by atoms with E-state index in [0.29, 0.717) is 6.04 Å². The molecule has 25 heavy (non-hydrogen) atoms. The second-order valence-electron chi connectivity index (χ2n) is 6.30. The van der Waals surface area contributed by atoms with E-state index in [4.69, 9.17) is 4.74 Å². The molecule has 1 fully saturated rings. The van der Waals surface area contributed by atoms with Crippen molar-refractivity contribution in [3.63, 3.8) is 0 Å².